The first-order valence-corrected chi connectivity index (χ1v) is 11.4. The second-order valence-electron chi connectivity index (χ2n) is 8.64. The highest BCUT2D eigenvalue weighted by molar-refractivity contribution is 7.87. The van der Waals surface area contributed by atoms with Gasteiger partial charge < -0.3 is 14.2 Å². The van der Waals surface area contributed by atoms with Crippen LogP contribution in [0.1, 0.15) is 40.0 Å². The summed E-state index contributed by atoms with van der Waals surface area (Å²) in [4.78, 5) is 37.2. The number of hydrogen-bond acceptors (Lipinski definition) is 7. The zero-order chi connectivity index (χ0) is 21.6. The molecule has 0 aromatic carbocycles. The lowest BCUT2D eigenvalue weighted by Crippen LogP contribution is -2.50. The Hall–Kier alpha value is -1.96. The maximum Gasteiger partial charge on any atom is 0.331 e. The van der Waals surface area contributed by atoms with E-state index < -0.39 is 51.7 Å². The number of esters is 3. The van der Waals surface area contributed by atoms with Crippen LogP contribution < -0.4 is 0 Å². The highest BCUT2D eigenvalue weighted by atomic mass is 32.2. The van der Waals surface area contributed by atoms with Crippen LogP contribution in [0, 0.1) is 22.7 Å². The van der Waals surface area contributed by atoms with Crippen molar-refractivity contribution in [3.05, 3.63) is 23.6 Å². The number of hydrogen-bond donors (Lipinski definition) is 0. The van der Waals surface area contributed by atoms with E-state index in [1.54, 1.807) is 0 Å². The lowest BCUT2D eigenvalue weighted by atomic mass is 9.61. The van der Waals surface area contributed by atoms with Crippen molar-refractivity contribution in [3.8, 4) is 0 Å². The Labute approximate surface area is 173 Å². The third-order valence-corrected chi connectivity index (χ3v) is 7.49. The van der Waals surface area contributed by atoms with Gasteiger partial charge in [0.2, 0.25) is 0 Å². The van der Waals surface area contributed by atoms with E-state index in [1.165, 1.54) is 18.6 Å². The Morgan fingerprint density at radius 3 is 2.55 bits per heavy atom. The lowest BCUT2D eigenvalue weighted by molar-refractivity contribution is -0.172. The topological polar surface area (TPSA) is 96.0 Å². The molecule has 7 nitrogen and oxygen atoms in total. The molecular weight excluding hydrogens is 396 g/mol. The van der Waals surface area contributed by atoms with Crippen molar-refractivity contribution in [3.63, 3.8) is 0 Å². The first kappa shape index (κ1) is 21.7. The molecule has 1 heterocycles. The maximum atomic E-state index is 12.9. The summed E-state index contributed by atoms with van der Waals surface area (Å²) in [6, 6.07) is 0. The van der Waals surface area contributed by atoms with E-state index in [0.717, 1.165) is 12.5 Å². The van der Waals surface area contributed by atoms with Crippen LogP contribution in [0.3, 0.4) is 0 Å². The standard InChI is InChI=1S/C21H28O7S/c1-12-6-7-15(27-14(3)22)17-18(28-16(23)8-9-29(5)25)21(11-20(12,17)4)13(2)10-26-19(21)24/h8-9,12,15,17-18H,2,6-7,10-11H2,1,3-5H3/b9-8-/t12-,15-,17+,18+,20+,21+,29+/m0/s1. The van der Waals surface area contributed by atoms with Crippen molar-refractivity contribution in [2.75, 3.05) is 12.9 Å². The van der Waals surface area contributed by atoms with Gasteiger partial charge in [-0.15, -0.1) is 0 Å². The minimum Gasteiger partial charge on any atom is -0.462 e. The average Bonchev–Trinajstić information content (AvgIpc) is 3.06. The Bertz CT molecular complexity index is 785. The van der Waals surface area contributed by atoms with E-state index in [2.05, 4.69) is 20.4 Å². The fourth-order valence-electron chi connectivity index (χ4n) is 5.42. The van der Waals surface area contributed by atoms with Gasteiger partial charge in [-0.1, -0.05) is 20.4 Å². The molecule has 0 aromatic heterocycles. The quantitative estimate of drug-likeness (QED) is 0.296. The largest absolute Gasteiger partial charge is 0.462 e. The number of carbonyl (C=O) groups is 3. The Balaban J connectivity index is 2.07. The molecule has 0 N–H and O–H groups in total. The van der Waals surface area contributed by atoms with Crippen molar-refractivity contribution in [2.45, 2.75) is 52.2 Å². The molecule has 3 fully saturated rings. The predicted molar refractivity (Wildman–Crippen MR) is 106 cm³/mol. The van der Waals surface area contributed by atoms with E-state index in [4.69, 9.17) is 14.2 Å². The highest BCUT2D eigenvalue weighted by Gasteiger charge is 2.71. The lowest BCUT2D eigenvalue weighted by Gasteiger charge is -2.46. The Kier molecular flexibility index (Phi) is 5.77. The van der Waals surface area contributed by atoms with Crippen molar-refractivity contribution < 1.29 is 32.8 Å². The zero-order valence-corrected chi connectivity index (χ0v) is 18.1. The summed E-state index contributed by atoms with van der Waals surface area (Å²) in [5, 5.41) is 1.23. The molecule has 1 saturated heterocycles. The highest BCUT2D eigenvalue weighted by Crippen LogP contribution is 2.66. The summed E-state index contributed by atoms with van der Waals surface area (Å²) in [5.41, 5.74) is -0.995. The SMILES string of the molecule is C=C1COC(=O)[C@]12C[C@@]1(C)[C@H]([C@@H](OC(C)=O)CC[C@@H]1C)[C@H]2OC(=O)/C=C\[S@@](C)=O. The minimum atomic E-state index is -1.31. The Morgan fingerprint density at radius 2 is 2.00 bits per heavy atom. The number of rotatable bonds is 4. The van der Waals surface area contributed by atoms with E-state index in [-0.39, 0.29) is 18.4 Å². The molecule has 1 aliphatic heterocycles. The minimum absolute atomic E-state index is 0.0805. The number of cyclic esters (lactones) is 1. The smallest absolute Gasteiger partial charge is 0.331 e. The summed E-state index contributed by atoms with van der Waals surface area (Å²) in [5.74, 6) is -1.71. The number of ether oxygens (including phenoxy) is 3. The molecule has 3 rings (SSSR count). The molecule has 0 aromatic rings. The van der Waals surface area contributed by atoms with Crippen molar-refractivity contribution in [1.29, 1.82) is 0 Å². The average molecular weight is 425 g/mol. The van der Waals surface area contributed by atoms with Gasteiger partial charge in [0.15, 0.2) is 0 Å². The molecule has 2 saturated carbocycles. The zero-order valence-electron chi connectivity index (χ0n) is 17.3. The van der Waals surface area contributed by atoms with Crippen LogP contribution in [0.25, 0.3) is 0 Å². The van der Waals surface area contributed by atoms with E-state index in [9.17, 15) is 18.6 Å². The van der Waals surface area contributed by atoms with Gasteiger partial charge >= 0.3 is 17.9 Å². The second kappa shape index (κ2) is 7.70. The van der Waals surface area contributed by atoms with Crippen molar-refractivity contribution >= 4 is 28.7 Å². The van der Waals surface area contributed by atoms with Crippen molar-refractivity contribution in [1.82, 2.24) is 0 Å². The van der Waals surface area contributed by atoms with Gasteiger partial charge in [-0.3, -0.25) is 13.8 Å². The van der Waals surface area contributed by atoms with Crippen molar-refractivity contribution in [2.24, 2.45) is 22.7 Å². The first-order valence-electron chi connectivity index (χ1n) is 9.76. The van der Waals surface area contributed by atoms with Gasteiger partial charge in [-0.05, 0) is 36.2 Å². The predicted octanol–water partition coefficient (Wildman–Crippen LogP) is 2.28. The molecule has 160 valence electrons. The van der Waals surface area contributed by atoms with Crippen LogP contribution in [0.2, 0.25) is 0 Å². The van der Waals surface area contributed by atoms with Crippen LogP contribution >= 0.6 is 0 Å². The van der Waals surface area contributed by atoms with Crippen LogP contribution in [-0.2, 0) is 39.4 Å². The molecule has 0 unspecified atom stereocenters. The van der Waals surface area contributed by atoms with E-state index in [0.29, 0.717) is 18.4 Å². The van der Waals surface area contributed by atoms with Crippen LogP contribution in [0.5, 0.6) is 0 Å². The summed E-state index contributed by atoms with van der Waals surface area (Å²) in [6.45, 7) is 9.66. The summed E-state index contributed by atoms with van der Waals surface area (Å²) < 4.78 is 28.1. The molecule has 0 amide bonds. The molecule has 8 heteroatoms. The van der Waals surface area contributed by atoms with Gasteiger partial charge in [0.05, 0.1) is 0 Å². The third-order valence-electron chi connectivity index (χ3n) is 6.97. The molecule has 29 heavy (non-hydrogen) atoms. The molecule has 0 bridgehead atoms. The fraction of sp³-hybridized carbons (Fsp3) is 0.667. The normalized spacial score (nSPS) is 40.0. The molecular formula is C21H28O7S. The number of fused-ring (bicyclic) bond motifs is 1. The van der Waals surface area contributed by atoms with Gasteiger partial charge in [-0.2, -0.15) is 0 Å². The summed E-state index contributed by atoms with van der Waals surface area (Å²) in [6.07, 6.45) is 3.08. The van der Waals surface area contributed by atoms with Crippen LogP contribution in [-0.4, -0.2) is 47.2 Å². The second-order valence-corrected chi connectivity index (χ2v) is 9.91. The summed E-state index contributed by atoms with van der Waals surface area (Å²) in [7, 11) is -1.31. The number of carbonyl (C=O) groups excluding carboxylic acids is 3. The van der Waals surface area contributed by atoms with E-state index in [1.807, 2.05) is 0 Å². The van der Waals surface area contributed by atoms with Crippen LogP contribution in [0.15, 0.2) is 23.6 Å². The molecule has 7 atom stereocenters. The molecule has 3 aliphatic rings. The molecule has 0 radical (unpaired) electrons. The van der Waals surface area contributed by atoms with Gasteiger partial charge in [0.1, 0.15) is 24.2 Å². The van der Waals surface area contributed by atoms with Gasteiger partial charge in [0.25, 0.3) is 0 Å². The van der Waals surface area contributed by atoms with Gasteiger partial charge in [-0.25, -0.2) is 4.79 Å². The first-order chi connectivity index (χ1) is 13.5. The van der Waals surface area contributed by atoms with Gasteiger partial charge in [0, 0.05) is 41.4 Å². The fourth-order valence-corrected chi connectivity index (χ4v) is 5.72. The molecule has 2 aliphatic carbocycles. The van der Waals surface area contributed by atoms with Crippen LogP contribution in [0.4, 0.5) is 0 Å². The van der Waals surface area contributed by atoms with E-state index >= 15 is 0 Å². The Morgan fingerprint density at radius 1 is 1.31 bits per heavy atom. The third kappa shape index (κ3) is 3.56. The maximum absolute atomic E-state index is 12.9. The molecule has 1 spiro atoms. The summed E-state index contributed by atoms with van der Waals surface area (Å²) >= 11 is 0. The monoisotopic (exact) mass is 424 g/mol.